The van der Waals surface area contributed by atoms with E-state index in [0.29, 0.717) is 17.4 Å². The van der Waals surface area contributed by atoms with E-state index >= 15 is 0 Å². The molecular weight excluding hydrogens is 358 g/mol. The summed E-state index contributed by atoms with van der Waals surface area (Å²) in [4.78, 5) is 16.3. The van der Waals surface area contributed by atoms with Crippen molar-refractivity contribution in [2.75, 3.05) is 5.32 Å². The van der Waals surface area contributed by atoms with Crippen molar-refractivity contribution < 1.29 is 9.21 Å². The molecule has 0 aliphatic rings. The first kappa shape index (κ1) is 19.0. The SMILES string of the molecule is CCCC(=O)NC(=S)Nc1cc(-c2nc3cc(CC)ccc3o2)ccc1C. The largest absolute Gasteiger partial charge is 0.436 e. The number of nitrogens with one attached hydrogen (secondary N) is 2. The van der Waals surface area contributed by atoms with E-state index in [4.69, 9.17) is 16.6 Å². The van der Waals surface area contributed by atoms with Gasteiger partial charge in [0.1, 0.15) is 5.52 Å². The minimum absolute atomic E-state index is 0.0884. The standard InChI is InChI=1S/C21H23N3O2S/c1-4-6-19(25)24-21(27)23-16-12-15(9-7-13(16)3)20-22-17-11-14(5-2)8-10-18(17)26-20/h7-12H,4-6H2,1-3H3,(H2,23,24,25,27). The Balaban J connectivity index is 1.84. The van der Waals surface area contributed by atoms with Gasteiger partial charge < -0.3 is 15.1 Å². The second-order valence-corrected chi connectivity index (χ2v) is 6.86. The Morgan fingerprint density at radius 1 is 1.19 bits per heavy atom. The van der Waals surface area contributed by atoms with E-state index in [2.05, 4.69) is 28.6 Å². The van der Waals surface area contributed by atoms with Gasteiger partial charge in [0.15, 0.2) is 10.7 Å². The molecule has 0 aliphatic heterocycles. The average molecular weight is 382 g/mol. The summed E-state index contributed by atoms with van der Waals surface area (Å²) in [5.41, 5.74) is 5.50. The van der Waals surface area contributed by atoms with Crippen LogP contribution in [-0.2, 0) is 11.2 Å². The van der Waals surface area contributed by atoms with Crippen molar-refractivity contribution in [1.29, 1.82) is 0 Å². The zero-order valence-corrected chi connectivity index (χ0v) is 16.6. The van der Waals surface area contributed by atoms with Crippen molar-refractivity contribution >= 4 is 40.0 Å². The van der Waals surface area contributed by atoms with E-state index in [9.17, 15) is 4.79 Å². The summed E-state index contributed by atoms with van der Waals surface area (Å²) in [6.45, 7) is 6.04. The summed E-state index contributed by atoms with van der Waals surface area (Å²) in [5, 5.41) is 6.07. The van der Waals surface area contributed by atoms with Gasteiger partial charge in [-0.2, -0.15) is 0 Å². The number of nitrogens with zero attached hydrogens (tertiary/aromatic N) is 1. The number of carbonyl (C=O) groups excluding carboxylic acids is 1. The van der Waals surface area contributed by atoms with Gasteiger partial charge in [-0.15, -0.1) is 0 Å². The maximum Gasteiger partial charge on any atom is 0.227 e. The molecule has 1 heterocycles. The highest BCUT2D eigenvalue weighted by Gasteiger charge is 2.12. The van der Waals surface area contributed by atoms with Crippen LogP contribution < -0.4 is 10.6 Å². The molecule has 27 heavy (non-hydrogen) atoms. The van der Waals surface area contributed by atoms with Crippen LogP contribution in [0.4, 0.5) is 5.69 Å². The fraction of sp³-hybridized carbons (Fsp3) is 0.286. The van der Waals surface area contributed by atoms with Gasteiger partial charge in [-0.05, 0) is 67.4 Å². The lowest BCUT2D eigenvalue weighted by Gasteiger charge is -2.12. The van der Waals surface area contributed by atoms with Crippen LogP contribution in [-0.4, -0.2) is 16.0 Å². The number of fused-ring (bicyclic) bond motifs is 1. The Hall–Kier alpha value is -2.73. The van der Waals surface area contributed by atoms with Crippen LogP contribution in [0.3, 0.4) is 0 Å². The predicted octanol–water partition coefficient (Wildman–Crippen LogP) is 4.98. The minimum Gasteiger partial charge on any atom is -0.436 e. The summed E-state index contributed by atoms with van der Waals surface area (Å²) < 4.78 is 5.91. The summed E-state index contributed by atoms with van der Waals surface area (Å²) in [6, 6.07) is 11.9. The predicted molar refractivity (Wildman–Crippen MR) is 113 cm³/mol. The number of amides is 1. The molecule has 0 radical (unpaired) electrons. The molecule has 5 nitrogen and oxygen atoms in total. The lowest BCUT2D eigenvalue weighted by Crippen LogP contribution is -2.34. The maximum absolute atomic E-state index is 11.7. The summed E-state index contributed by atoms with van der Waals surface area (Å²) in [6.07, 6.45) is 2.18. The Labute approximate surface area is 164 Å². The number of rotatable bonds is 5. The zero-order valence-electron chi connectivity index (χ0n) is 15.8. The van der Waals surface area contributed by atoms with Gasteiger partial charge in [-0.3, -0.25) is 4.79 Å². The quantitative estimate of drug-likeness (QED) is 0.610. The monoisotopic (exact) mass is 381 g/mol. The molecule has 0 aliphatic carbocycles. The van der Waals surface area contributed by atoms with E-state index < -0.39 is 0 Å². The van der Waals surface area contributed by atoms with Gasteiger partial charge in [0.2, 0.25) is 11.8 Å². The minimum atomic E-state index is -0.0884. The molecule has 3 aromatic rings. The van der Waals surface area contributed by atoms with Crippen LogP contribution >= 0.6 is 12.2 Å². The lowest BCUT2D eigenvalue weighted by atomic mass is 10.1. The number of aromatic nitrogens is 1. The number of carbonyl (C=O) groups is 1. The van der Waals surface area contributed by atoms with Gasteiger partial charge >= 0.3 is 0 Å². The second kappa shape index (κ2) is 8.31. The van der Waals surface area contributed by atoms with Crippen LogP contribution in [0.2, 0.25) is 0 Å². The number of thiocarbonyl (C=S) groups is 1. The third-order valence-electron chi connectivity index (χ3n) is 4.32. The molecule has 0 atom stereocenters. The Morgan fingerprint density at radius 3 is 2.74 bits per heavy atom. The molecule has 0 fully saturated rings. The van der Waals surface area contributed by atoms with Crippen LogP contribution in [0, 0.1) is 6.92 Å². The fourth-order valence-electron chi connectivity index (χ4n) is 2.78. The highest BCUT2D eigenvalue weighted by atomic mass is 32.1. The highest BCUT2D eigenvalue weighted by molar-refractivity contribution is 7.80. The third-order valence-corrected chi connectivity index (χ3v) is 4.53. The van der Waals surface area contributed by atoms with E-state index in [1.807, 2.05) is 44.2 Å². The molecule has 0 bridgehead atoms. The number of benzene rings is 2. The molecule has 1 aromatic heterocycles. The molecule has 0 unspecified atom stereocenters. The molecule has 1 amide bonds. The summed E-state index contributed by atoms with van der Waals surface area (Å²) in [7, 11) is 0. The van der Waals surface area contributed by atoms with Crippen molar-refractivity contribution in [2.45, 2.75) is 40.0 Å². The van der Waals surface area contributed by atoms with E-state index in [0.717, 1.165) is 40.8 Å². The Bertz CT molecular complexity index is 994. The van der Waals surface area contributed by atoms with Gasteiger partial charge in [0.25, 0.3) is 0 Å². The number of hydrogen-bond acceptors (Lipinski definition) is 4. The second-order valence-electron chi connectivity index (χ2n) is 6.46. The summed E-state index contributed by atoms with van der Waals surface area (Å²) >= 11 is 5.24. The first-order chi connectivity index (χ1) is 13.0. The molecule has 140 valence electrons. The molecule has 0 saturated carbocycles. The van der Waals surface area contributed by atoms with Gasteiger partial charge in [0, 0.05) is 17.7 Å². The Kier molecular flexibility index (Phi) is 5.86. The Morgan fingerprint density at radius 2 is 2.00 bits per heavy atom. The smallest absolute Gasteiger partial charge is 0.227 e. The first-order valence-corrected chi connectivity index (χ1v) is 9.52. The molecule has 6 heteroatoms. The van der Waals surface area contributed by atoms with Crippen molar-refractivity contribution in [3.8, 4) is 11.5 Å². The van der Waals surface area contributed by atoms with Crippen molar-refractivity contribution in [3.63, 3.8) is 0 Å². The summed E-state index contributed by atoms with van der Waals surface area (Å²) in [5.74, 6) is 0.469. The van der Waals surface area contributed by atoms with E-state index in [-0.39, 0.29) is 5.91 Å². The van der Waals surface area contributed by atoms with Crippen molar-refractivity contribution in [2.24, 2.45) is 0 Å². The molecule has 0 spiro atoms. The van der Waals surface area contributed by atoms with Crippen LogP contribution in [0.1, 0.15) is 37.8 Å². The number of anilines is 1. The van der Waals surface area contributed by atoms with Gasteiger partial charge in [-0.1, -0.05) is 26.0 Å². The maximum atomic E-state index is 11.7. The molecule has 0 saturated heterocycles. The molecule has 3 rings (SSSR count). The topological polar surface area (TPSA) is 67.2 Å². The zero-order chi connectivity index (χ0) is 19.4. The van der Waals surface area contributed by atoms with E-state index in [1.54, 1.807) is 0 Å². The normalized spacial score (nSPS) is 10.8. The number of oxazole rings is 1. The van der Waals surface area contributed by atoms with Crippen LogP contribution in [0.5, 0.6) is 0 Å². The van der Waals surface area contributed by atoms with Gasteiger partial charge in [0.05, 0.1) is 0 Å². The van der Waals surface area contributed by atoms with Gasteiger partial charge in [-0.25, -0.2) is 4.98 Å². The molecule has 2 aromatic carbocycles. The molecule has 2 N–H and O–H groups in total. The third kappa shape index (κ3) is 4.52. The highest BCUT2D eigenvalue weighted by Crippen LogP contribution is 2.28. The van der Waals surface area contributed by atoms with Crippen LogP contribution in [0.25, 0.3) is 22.6 Å². The number of hydrogen-bond donors (Lipinski definition) is 2. The van der Waals surface area contributed by atoms with Crippen LogP contribution in [0.15, 0.2) is 40.8 Å². The fourth-order valence-corrected chi connectivity index (χ4v) is 3.00. The van der Waals surface area contributed by atoms with Crippen molar-refractivity contribution in [1.82, 2.24) is 10.3 Å². The lowest BCUT2D eigenvalue weighted by molar-refractivity contribution is -0.119. The average Bonchev–Trinajstić information content (AvgIpc) is 3.06. The van der Waals surface area contributed by atoms with E-state index in [1.165, 1.54) is 5.56 Å². The first-order valence-electron chi connectivity index (χ1n) is 9.11. The number of aryl methyl sites for hydroxylation is 2. The molecular formula is C21H23N3O2S. The van der Waals surface area contributed by atoms with Crippen molar-refractivity contribution in [3.05, 3.63) is 47.5 Å².